The monoisotopic (exact) mass is 356 g/mol. The quantitative estimate of drug-likeness (QED) is 0.642. The van der Waals surface area contributed by atoms with Gasteiger partial charge in [-0.05, 0) is 30.3 Å². The van der Waals surface area contributed by atoms with Gasteiger partial charge >= 0.3 is 0 Å². The van der Waals surface area contributed by atoms with E-state index in [1.54, 1.807) is 0 Å². The fourth-order valence-electron chi connectivity index (χ4n) is 4.14. The lowest BCUT2D eigenvalue weighted by molar-refractivity contribution is 0.112. The molecule has 132 valence electrons. The molecular weight excluding hydrogens is 340 g/mol. The first-order chi connectivity index (χ1) is 13.3. The summed E-state index contributed by atoms with van der Waals surface area (Å²) in [6.45, 7) is 0.720. The van der Waals surface area contributed by atoms with E-state index in [4.69, 9.17) is 18.9 Å². The second-order valence-electron chi connectivity index (χ2n) is 6.84. The molecule has 4 nitrogen and oxygen atoms in total. The molecule has 0 saturated carbocycles. The van der Waals surface area contributed by atoms with Crippen molar-refractivity contribution in [1.82, 2.24) is 0 Å². The van der Waals surface area contributed by atoms with Crippen LogP contribution in [0, 0.1) is 0 Å². The third kappa shape index (κ3) is 1.98. The third-order valence-electron chi connectivity index (χ3n) is 5.39. The topological polar surface area (TPSA) is 36.9 Å². The molecule has 0 fully saturated rings. The Kier molecular flexibility index (Phi) is 2.89. The predicted molar refractivity (Wildman–Crippen MR) is 100 cm³/mol. The largest absolute Gasteiger partial charge is 0.489 e. The second kappa shape index (κ2) is 5.30. The highest BCUT2D eigenvalue weighted by Crippen LogP contribution is 2.52. The Morgan fingerprint density at radius 1 is 0.704 bits per heavy atom. The van der Waals surface area contributed by atoms with Gasteiger partial charge in [0.15, 0.2) is 17.1 Å². The van der Waals surface area contributed by atoms with Gasteiger partial charge in [0.2, 0.25) is 6.79 Å². The first-order valence-electron chi connectivity index (χ1n) is 8.96. The van der Waals surface area contributed by atoms with Crippen LogP contribution in [-0.2, 0) is 5.60 Å². The molecule has 3 heterocycles. The summed E-state index contributed by atoms with van der Waals surface area (Å²) in [6.07, 6.45) is 2.18. The molecule has 3 aliphatic heterocycles. The third-order valence-corrected chi connectivity index (χ3v) is 5.39. The van der Waals surface area contributed by atoms with Crippen molar-refractivity contribution >= 4 is 6.08 Å². The van der Waals surface area contributed by atoms with Crippen molar-refractivity contribution < 1.29 is 18.9 Å². The average Bonchev–Trinajstić information content (AvgIpc) is 3.20. The maximum absolute atomic E-state index is 6.75. The minimum Gasteiger partial charge on any atom is -0.489 e. The van der Waals surface area contributed by atoms with Gasteiger partial charge in [0.25, 0.3) is 0 Å². The minimum atomic E-state index is -0.746. The van der Waals surface area contributed by atoms with Crippen LogP contribution >= 0.6 is 0 Å². The molecule has 0 amide bonds. The van der Waals surface area contributed by atoms with Gasteiger partial charge in [0.1, 0.15) is 18.1 Å². The molecule has 1 unspecified atom stereocenters. The summed E-state index contributed by atoms with van der Waals surface area (Å²) in [4.78, 5) is 0. The number of para-hydroxylation sites is 2. The molecule has 3 aliphatic rings. The van der Waals surface area contributed by atoms with Gasteiger partial charge in [-0.2, -0.15) is 0 Å². The summed E-state index contributed by atoms with van der Waals surface area (Å²) >= 11 is 0. The van der Waals surface area contributed by atoms with E-state index in [9.17, 15) is 0 Å². The highest BCUT2D eigenvalue weighted by atomic mass is 16.7. The Morgan fingerprint density at radius 3 is 2.48 bits per heavy atom. The zero-order valence-electron chi connectivity index (χ0n) is 14.5. The molecule has 0 saturated heterocycles. The Bertz CT molecular complexity index is 1100. The van der Waals surface area contributed by atoms with Crippen molar-refractivity contribution in [1.29, 1.82) is 0 Å². The lowest BCUT2D eigenvalue weighted by Crippen LogP contribution is -2.43. The first kappa shape index (κ1) is 14.7. The standard InChI is InChI=1S/C23H16O4/c1-3-7-19-15(5-1)11-17-13-24-20-8-4-2-6-18(20)23(17,27-19)16-9-10-21-22(12-16)26-14-25-21/h1-12H,13-14H2. The van der Waals surface area contributed by atoms with Crippen molar-refractivity contribution in [3.63, 3.8) is 0 Å². The van der Waals surface area contributed by atoms with Crippen LogP contribution in [-0.4, -0.2) is 13.4 Å². The molecule has 3 aromatic rings. The van der Waals surface area contributed by atoms with E-state index in [0.29, 0.717) is 6.61 Å². The Hall–Kier alpha value is -3.40. The molecule has 0 N–H and O–H groups in total. The molecule has 4 heteroatoms. The number of fused-ring (bicyclic) bond motifs is 5. The number of ether oxygens (including phenoxy) is 4. The summed E-state index contributed by atoms with van der Waals surface area (Å²) in [5.41, 5.74) is 3.38. The van der Waals surface area contributed by atoms with E-state index < -0.39 is 5.60 Å². The van der Waals surface area contributed by atoms with Crippen LogP contribution < -0.4 is 18.9 Å². The van der Waals surface area contributed by atoms with Gasteiger partial charge in [-0.15, -0.1) is 0 Å². The van der Waals surface area contributed by atoms with E-state index in [1.807, 2.05) is 48.5 Å². The first-order valence-corrected chi connectivity index (χ1v) is 8.96. The molecule has 1 atom stereocenters. The number of benzene rings is 3. The van der Waals surface area contributed by atoms with Crippen LogP contribution in [0.25, 0.3) is 6.08 Å². The minimum absolute atomic E-state index is 0.248. The zero-order valence-corrected chi connectivity index (χ0v) is 14.5. The highest BCUT2D eigenvalue weighted by molar-refractivity contribution is 5.71. The summed E-state index contributed by atoms with van der Waals surface area (Å²) in [6, 6.07) is 22.2. The zero-order chi connectivity index (χ0) is 17.8. The highest BCUT2D eigenvalue weighted by Gasteiger charge is 2.48. The Balaban J connectivity index is 1.65. The van der Waals surface area contributed by atoms with E-state index in [1.165, 1.54) is 0 Å². The number of rotatable bonds is 1. The van der Waals surface area contributed by atoms with Crippen molar-refractivity contribution in [2.75, 3.05) is 13.4 Å². The fourth-order valence-corrected chi connectivity index (χ4v) is 4.14. The van der Waals surface area contributed by atoms with Gasteiger partial charge in [-0.1, -0.05) is 42.5 Å². The van der Waals surface area contributed by atoms with Gasteiger partial charge in [0.05, 0.1) is 0 Å². The molecular formula is C23H16O4. The van der Waals surface area contributed by atoms with Gasteiger partial charge in [-0.25, -0.2) is 0 Å². The van der Waals surface area contributed by atoms with Crippen molar-refractivity contribution in [2.45, 2.75) is 5.60 Å². The van der Waals surface area contributed by atoms with Crippen molar-refractivity contribution in [3.8, 4) is 23.0 Å². The molecule has 0 radical (unpaired) electrons. The smallest absolute Gasteiger partial charge is 0.231 e. The van der Waals surface area contributed by atoms with E-state index >= 15 is 0 Å². The average molecular weight is 356 g/mol. The molecule has 27 heavy (non-hydrogen) atoms. The van der Waals surface area contributed by atoms with Crippen molar-refractivity contribution in [3.05, 3.63) is 89.0 Å². The van der Waals surface area contributed by atoms with Crippen LogP contribution in [0.2, 0.25) is 0 Å². The molecule has 0 bridgehead atoms. The van der Waals surface area contributed by atoms with Crippen molar-refractivity contribution in [2.24, 2.45) is 0 Å². The second-order valence-corrected chi connectivity index (χ2v) is 6.84. The molecule has 0 aliphatic carbocycles. The van der Waals surface area contributed by atoms with Crippen LogP contribution in [0.4, 0.5) is 0 Å². The van der Waals surface area contributed by atoms with Crippen LogP contribution in [0.15, 0.2) is 72.3 Å². The van der Waals surface area contributed by atoms with Gasteiger partial charge in [-0.3, -0.25) is 0 Å². The molecule has 3 aromatic carbocycles. The lowest BCUT2D eigenvalue weighted by Gasteiger charge is -2.44. The Morgan fingerprint density at radius 2 is 1.52 bits per heavy atom. The molecule has 0 spiro atoms. The van der Waals surface area contributed by atoms with Crippen LogP contribution in [0.5, 0.6) is 23.0 Å². The summed E-state index contributed by atoms with van der Waals surface area (Å²) in [7, 11) is 0. The normalized spacial score (nSPS) is 21.1. The van der Waals surface area contributed by atoms with Gasteiger partial charge < -0.3 is 18.9 Å². The predicted octanol–water partition coefficient (Wildman–Crippen LogP) is 4.53. The van der Waals surface area contributed by atoms with Crippen LogP contribution in [0.3, 0.4) is 0 Å². The van der Waals surface area contributed by atoms with E-state index in [0.717, 1.165) is 45.3 Å². The number of hydrogen-bond acceptors (Lipinski definition) is 4. The van der Waals surface area contributed by atoms with E-state index in [2.05, 4.69) is 24.3 Å². The maximum Gasteiger partial charge on any atom is 0.231 e. The number of hydrogen-bond donors (Lipinski definition) is 0. The fraction of sp³-hybridized carbons (Fsp3) is 0.130. The maximum atomic E-state index is 6.75. The van der Waals surface area contributed by atoms with E-state index in [-0.39, 0.29) is 6.79 Å². The summed E-state index contributed by atoms with van der Waals surface area (Å²) < 4.78 is 23.9. The van der Waals surface area contributed by atoms with Gasteiger partial charge in [0, 0.05) is 22.3 Å². The molecule has 6 rings (SSSR count). The lowest BCUT2D eigenvalue weighted by atomic mass is 9.76. The summed E-state index contributed by atoms with van der Waals surface area (Å²) in [5.74, 6) is 3.20. The molecule has 0 aromatic heterocycles. The van der Waals surface area contributed by atoms with Crippen LogP contribution in [0.1, 0.15) is 16.7 Å². The SMILES string of the molecule is C1=C2COc3ccccc3C2(c2ccc3c(c2)OCO3)Oc2ccccc21. The Labute approximate surface area is 156 Å². The summed E-state index contributed by atoms with van der Waals surface area (Å²) in [5, 5.41) is 0.